The van der Waals surface area contributed by atoms with Crippen molar-refractivity contribution in [2.24, 2.45) is 28.8 Å². The largest absolute Gasteiger partial charge is 0.489 e. The lowest BCUT2D eigenvalue weighted by atomic mass is 9.85. The molecule has 30 heavy (non-hydrogen) atoms. The van der Waals surface area contributed by atoms with E-state index < -0.39 is 0 Å². The van der Waals surface area contributed by atoms with Gasteiger partial charge in [-0.05, 0) is 60.2 Å². The number of imide groups is 1. The summed E-state index contributed by atoms with van der Waals surface area (Å²) < 4.78 is 7.83. The van der Waals surface area contributed by atoms with Crippen molar-refractivity contribution in [3.63, 3.8) is 0 Å². The monoisotopic (exact) mass is 528 g/mol. The average molecular weight is 530 g/mol. The van der Waals surface area contributed by atoms with Gasteiger partial charge in [0.05, 0.1) is 18.1 Å². The molecule has 2 aromatic carbocycles. The van der Waals surface area contributed by atoms with Crippen molar-refractivity contribution in [1.82, 2.24) is 5.01 Å². The molecular weight excluding hydrogens is 512 g/mol. The summed E-state index contributed by atoms with van der Waals surface area (Å²) in [5, 5.41) is 5.27. The highest BCUT2D eigenvalue weighted by molar-refractivity contribution is 9.11. The van der Waals surface area contributed by atoms with Crippen molar-refractivity contribution in [3.05, 3.63) is 74.7 Å². The van der Waals surface area contributed by atoms with Gasteiger partial charge in [-0.1, -0.05) is 50.1 Å². The normalized spacial score (nSPS) is 26.8. The SMILES string of the molecule is O=C1[C@@H]2[C@H](C(=O)N1N=Cc1ccc(OCc3ccc(Br)cc3Br)cc1)[C@H]1C=C[C@H]2C1. The van der Waals surface area contributed by atoms with Gasteiger partial charge in [0.1, 0.15) is 12.4 Å². The molecule has 2 aromatic rings. The molecule has 1 saturated heterocycles. The Hall–Kier alpha value is -2.25. The fourth-order valence-corrected chi connectivity index (χ4v) is 5.74. The lowest BCUT2D eigenvalue weighted by Crippen LogP contribution is -2.28. The van der Waals surface area contributed by atoms with Crippen molar-refractivity contribution >= 4 is 49.9 Å². The van der Waals surface area contributed by atoms with Crippen LogP contribution in [-0.2, 0) is 16.2 Å². The molecule has 1 aliphatic heterocycles. The highest BCUT2D eigenvalue weighted by Gasteiger charge is 2.59. The summed E-state index contributed by atoms with van der Waals surface area (Å²) >= 11 is 6.97. The van der Waals surface area contributed by atoms with E-state index >= 15 is 0 Å². The Balaban J connectivity index is 1.23. The lowest BCUT2D eigenvalue weighted by Gasteiger charge is -2.13. The van der Waals surface area contributed by atoms with Gasteiger partial charge in [-0.2, -0.15) is 10.1 Å². The van der Waals surface area contributed by atoms with Crippen molar-refractivity contribution in [2.75, 3.05) is 0 Å². The minimum atomic E-state index is -0.224. The van der Waals surface area contributed by atoms with Crippen LogP contribution in [0.4, 0.5) is 0 Å². The van der Waals surface area contributed by atoms with Crippen molar-refractivity contribution < 1.29 is 14.3 Å². The van der Waals surface area contributed by atoms with E-state index in [4.69, 9.17) is 4.74 Å². The highest BCUT2D eigenvalue weighted by atomic mass is 79.9. The molecule has 2 fully saturated rings. The summed E-state index contributed by atoms with van der Waals surface area (Å²) in [4.78, 5) is 25.3. The summed E-state index contributed by atoms with van der Waals surface area (Å²) in [5.74, 6) is 0.332. The first kappa shape index (κ1) is 19.7. The quantitative estimate of drug-likeness (QED) is 0.313. The van der Waals surface area contributed by atoms with Crippen LogP contribution in [-0.4, -0.2) is 23.0 Å². The second kappa shape index (κ2) is 7.78. The number of hydrogen-bond acceptors (Lipinski definition) is 4. The molecule has 5 rings (SSSR count). The van der Waals surface area contributed by atoms with Gasteiger partial charge in [0.15, 0.2) is 0 Å². The van der Waals surface area contributed by atoms with Crippen LogP contribution in [0.3, 0.4) is 0 Å². The number of hydrazone groups is 1. The number of nitrogens with zero attached hydrogens (tertiary/aromatic N) is 2. The highest BCUT2D eigenvalue weighted by Crippen LogP contribution is 2.52. The van der Waals surface area contributed by atoms with E-state index in [-0.39, 0.29) is 35.5 Å². The molecule has 4 atom stereocenters. The van der Waals surface area contributed by atoms with Gasteiger partial charge in [-0.3, -0.25) is 9.59 Å². The molecule has 1 heterocycles. The van der Waals surface area contributed by atoms with E-state index in [9.17, 15) is 9.59 Å². The molecule has 7 heteroatoms. The Morgan fingerprint density at radius 1 is 1.00 bits per heavy atom. The molecule has 1 saturated carbocycles. The Morgan fingerprint density at radius 2 is 1.67 bits per heavy atom. The van der Waals surface area contributed by atoms with Gasteiger partial charge in [0.25, 0.3) is 11.8 Å². The maximum atomic E-state index is 12.7. The van der Waals surface area contributed by atoms with Crippen LogP contribution < -0.4 is 4.74 Å². The Kier molecular flexibility index (Phi) is 5.11. The summed E-state index contributed by atoms with van der Waals surface area (Å²) in [6, 6.07) is 13.4. The number of amides is 2. The number of fused-ring (bicyclic) bond motifs is 5. The Morgan fingerprint density at radius 3 is 2.30 bits per heavy atom. The van der Waals surface area contributed by atoms with Gasteiger partial charge in [-0.25, -0.2) is 0 Å². The molecule has 2 amide bonds. The zero-order valence-electron chi connectivity index (χ0n) is 15.9. The van der Waals surface area contributed by atoms with Crippen LogP contribution in [0.2, 0.25) is 0 Å². The number of ether oxygens (including phenoxy) is 1. The summed E-state index contributed by atoms with van der Waals surface area (Å²) in [6.07, 6.45) is 6.63. The molecule has 0 unspecified atom stereocenters. The predicted octanol–water partition coefficient (Wildman–Crippen LogP) is 4.93. The summed E-state index contributed by atoms with van der Waals surface area (Å²) in [7, 11) is 0. The number of carbonyl (C=O) groups is 2. The Labute approximate surface area is 191 Å². The number of rotatable bonds is 5. The van der Waals surface area contributed by atoms with E-state index in [2.05, 4.69) is 49.1 Å². The predicted molar refractivity (Wildman–Crippen MR) is 120 cm³/mol. The van der Waals surface area contributed by atoms with Gasteiger partial charge in [0, 0.05) is 14.5 Å². The van der Waals surface area contributed by atoms with Gasteiger partial charge >= 0.3 is 0 Å². The fraction of sp³-hybridized carbons (Fsp3) is 0.261. The second-order valence-electron chi connectivity index (χ2n) is 7.83. The molecular formula is C23H18Br2N2O3. The number of allylic oxidation sites excluding steroid dienone is 2. The van der Waals surface area contributed by atoms with Crippen LogP contribution in [0.5, 0.6) is 5.75 Å². The fourth-order valence-electron chi connectivity index (χ4n) is 4.57. The smallest absolute Gasteiger partial charge is 0.254 e. The number of benzene rings is 2. The third kappa shape index (κ3) is 3.44. The zero-order chi connectivity index (χ0) is 20.8. The number of hydrogen-bond donors (Lipinski definition) is 0. The van der Waals surface area contributed by atoms with Crippen LogP contribution in [0.15, 0.2) is 68.7 Å². The van der Waals surface area contributed by atoms with Gasteiger partial charge < -0.3 is 4.74 Å². The van der Waals surface area contributed by atoms with Gasteiger partial charge in [-0.15, -0.1) is 0 Å². The van der Waals surface area contributed by atoms with E-state index in [1.54, 1.807) is 6.21 Å². The molecule has 0 N–H and O–H groups in total. The van der Waals surface area contributed by atoms with Crippen LogP contribution >= 0.6 is 31.9 Å². The van der Waals surface area contributed by atoms with Crippen molar-refractivity contribution in [3.8, 4) is 5.75 Å². The summed E-state index contributed by atoms with van der Waals surface area (Å²) in [6.45, 7) is 0.442. The molecule has 3 aliphatic rings. The molecule has 152 valence electrons. The first-order chi connectivity index (χ1) is 14.5. The molecule has 5 nitrogen and oxygen atoms in total. The topological polar surface area (TPSA) is 59.0 Å². The van der Waals surface area contributed by atoms with Crippen molar-refractivity contribution in [2.45, 2.75) is 13.0 Å². The zero-order valence-corrected chi connectivity index (χ0v) is 19.0. The molecule has 0 aromatic heterocycles. The maximum absolute atomic E-state index is 12.7. The van der Waals surface area contributed by atoms with E-state index in [0.29, 0.717) is 6.61 Å². The van der Waals surface area contributed by atoms with Crippen LogP contribution in [0, 0.1) is 23.7 Å². The molecule has 2 aliphatic carbocycles. The first-order valence-corrected chi connectivity index (χ1v) is 11.4. The van der Waals surface area contributed by atoms with E-state index in [1.807, 2.05) is 42.5 Å². The molecule has 2 bridgehead atoms. The second-order valence-corrected chi connectivity index (χ2v) is 9.60. The summed E-state index contributed by atoms with van der Waals surface area (Å²) in [5.41, 5.74) is 1.84. The van der Waals surface area contributed by atoms with Gasteiger partial charge in [0.2, 0.25) is 0 Å². The van der Waals surface area contributed by atoms with E-state index in [0.717, 1.165) is 37.3 Å². The minimum Gasteiger partial charge on any atom is -0.489 e. The van der Waals surface area contributed by atoms with E-state index in [1.165, 1.54) is 0 Å². The Bertz CT molecular complexity index is 1050. The molecule has 0 radical (unpaired) electrons. The van der Waals surface area contributed by atoms with Crippen molar-refractivity contribution in [1.29, 1.82) is 0 Å². The minimum absolute atomic E-state index is 0.168. The van der Waals surface area contributed by atoms with Crippen LogP contribution in [0.25, 0.3) is 0 Å². The first-order valence-electron chi connectivity index (χ1n) is 9.78. The standard InChI is InChI=1S/C23H18Br2N2O3/c24-17-6-5-16(19(25)10-17)12-30-18-7-1-13(2-8-18)11-26-27-22(28)20-14-3-4-15(9-14)21(20)23(27)29/h1-8,10-11,14-15,20-21H,9,12H2/t14-,15-,20-,21+/m0/s1. The third-order valence-corrected chi connectivity index (χ3v) is 7.29. The molecule has 0 spiro atoms. The maximum Gasteiger partial charge on any atom is 0.254 e. The number of halogens is 2. The third-order valence-electron chi connectivity index (χ3n) is 6.06. The lowest BCUT2D eigenvalue weighted by molar-refractivity contribution is -0.140. The average Bonchev–Trinajstić information content (AvgIpc) is 3.41. The number of carbonyl (C=O) groups excluding carboxylic acids is 2. The van der Waals surface area contributed by atoms with Crippen LogP contribution in [0.1, 0.15) is 17.5 Å².